The van der Waals surface area contributed by atoms with E-state index in [2.05, 4.69) is 41.3 Å². The number of carbonyl (C=O) groups is 2. The zero-order chi connectivity index (χ0) is 32.6. The van der Waals surface area contributed by atoms with Gasteiger partial charge in [-0.25, -0.2) is 9.38 Å². The molecule has 2 heterocycles. The van der Waals surface area contributed by atoms with E-state index in [1.165, 1.54) is 0 Å². The molecule has 1 aliphatic carbocycles. The number of alkyl halides is 1. The van der Waals surface area contributed by atoms with Crippen molar-refractivity contribution in [3.05, 3.63) is 69.2 Å². The van der Waals surface area contributed by atoms with Gasteiger partial charge in [0.15, 0.2) is 12.5 Å². The molecule has 0 bridgehead atoms. The summed E-state index contributed by atoms with van der Waals surface area (Å²) in [6.07, 6.45) is 3.83. The van der Waals surface area contributed by atoms with Crippen LogP contribution in [0, 0.1) is 11.3 Å². The zero-order valence-corrected chi connectivity index (χ0v) is 28.1. The summed E-state index contributed by atoms with van der Waals surface area (Å²) in [6.45, 7) is 10.3. The van der Waals surface area contributed by atoms with E-state index < -0.39 is 11.3 Å². The molecule has 2 aliphatic heterocycles. The van der Waals surface area contributed by atoms with Gasteiger partial charge >= 0.3 is 0 Å². The largest absolute Gasteiger partial charge is 0.345 e. The lowest BCUT2D eigenvalue weighted by molar-refractivity contribution is -0.134. The van der Waals surface area contributed by atoms with E-state index in [1.807, 2.05) is 17.0 Å². The summed E-state index contributed by atoms with van der Waals surface area (Å²) < 4.78 is 15.1. The van der Waals surface area contributed by atoms with E-state index in [1.54, 1.807) is 44.2 Å². The molecule has 0 unspecified atom stereocenters. The van der Waals surface area contributed by atoms with Crippen molar-refractivity contribution in [1.29, 1.82) is 0 Å². The van der Waals surface area contributed by atoms with Gasteiger partial charge in [-0.3, -0.25) is 14.6 Å². The van der Waals surface area contributed by atoms with Gasteiger partial charge in [0.05, 0.1) is 12.6 Å². The van der Waals surface area contributed by atoms with Crippen LogP contribution in [-0.4, -0.2) is 52.8 Å². The maximum absolute atomic E-state index is 15.1. The lowest BCUT2D eigenvalue weighted by atomic mass is 9.74. The summed E-state index contributed by atoms with van der Waals surface area (Å²) in [4.78, 5) is 38.6. The minimum atomic E-state index is -1.32. The Morgan fingerprint density at radius 3 is 2.27 bits per heavy atom. The van der Waals surface area contributed by atoms with E-state index in [9.17, 15) is 9.59 Å². The number of nitrogens with one attached hydrogen (secondary N) is 1. The molecule has 1 N–H and O–H groups in total. The molecule has 1 spiro atoms. The summed E-state index contributed by atoms with van der Waals surface area (Å²) >= 11 is 12.7. The molecule has 2 aromatic carbocycles. The molecule has 45 heavy (non-hydrogen) atoms. The summed E-state index contributed by atoms with van der Waals surface area (Å²) in [5.74, 6) is -0.0781. The maximum Gasteiger partial charge on any atom is 0.275 e. The second-order valence-corrected chi connectivity index (χ2v) is 14.9. The Kier molecular flexibility index (Phi) is 9.53. The van der Waals surface area contributed by atoms with Crippen LogP contribution < -0.4 is 5.32 Å². The highest BCUT2D eigenvalue weighted by Gasteiger charge is 2.53. The van der Waals surface area contributed by atoms with Gasteiger partial charge < -0.3 is 10.2 Å². The molecule has 0 saturated heterocycles. The maximum atomic E-state index is 15.1. The lowest BCUT2D eigenvalue weighted by Crippen LogP contribution is -2.52. The highest BCUT2D eigenvalue weighted by atomic mass is 35.5. The molecule has 1 fully saturated rings. The fourth-order valence-electron chi connectivity index (χ4n) is 6.52. The molecule has 240 valence electrons. The van der Waals surface area contributed by atoms with Crippen LogP contribution in [0.5, 0.6) is 0 Å². The zero-order valence-electron chi connectivity index (χ0n) is 26.5. The van der Waals surface area contributed by atoms with Crippen molar-refractivity contribution in [3.63, 3.8) is 0 Å². The number of aliphatic imine (C=N–C) groups is 2. The van der Waals surface area contributed by atoms with Gasteiger partial charge in [0.25, 0.3) is 11.8 Å². The number of halogens is 3. The Balaban J connectivity index is 1.50. The van der Waals surface area contributed by atoms with E-state index in [0.717, 1.165) is 12.0 Å². The van der Waals surface area contributed by atoms with Crippen molar-refractivity contribution in [2.24, 2.45) is 31.5 Å². The highest BCUT2D eigenvalue weighted by molar-refractivity contribution is 6.47. The van der Waals surface area contributed by atoms with Gasteiger partial charge in [-0.15, -0.1) is 5.11 Å². The van der Waals surface area contributed by atoms with Crippen molar-refractivity contribution in [2.75, 3.05) is 13.2 Å². The molecule has 2 amide bonds. The van der Waals surface area contributed by atoms with Crippen LogP contribution in [0.15, 0.2) is 62.7 Å². The Morgan fingerprint density at radius 2 is 1.71 bits per heavy atom. The van der Waals surface area contributed by atoms with Gasteiger partial charge in [0.2, 0.25) is 0 Å². The quantitative estimate of drug-likeness (QED) is 0.294. The first-order chi connectivity index (χ1) is 21.1. The fraction of sp³-hybridized carbons (Fsp3) is 0.529. The molecule has 5 rings (SSSR count). The van der Waals surface area contributed by atoms with Gasteiger partial charge in [-0.1, -0.05) is 56.1 Å². The third-order valence-corrected chi connectivity index (χ3v) is 9.47. The number of rotatable bonds is 9. The molecule has 0 aromatic heterocycles. The van der Waals surface area contributed by atoms with Crippen molar-refractivity contribution < 1.29 is 14.0 Å². The summed E-state index contributed by atoms with van der Waals surface area (Å²) in [5.41, 5.74) is 0.138. The molecule has 8 nitrogen and oxygen atoms in total. The van der Waals surface area contributed by atoms with Crippen LogP contribution in [0.25, 0.3) is 0 Å². The average Bonchev–Trinajstić information content (AvgIpc) is 3.58. The monoisotopic (exact) mass is 654 g/mol. The van der Waals surface area contributed by atoms with Gasteiger partial charge in [-0.05, 0) is 99.6 Å². The number of nitrogens with zero attached hydrogens (tertiary/aromatic N) is 5. The van der Waals surface area contributed by atoms with Crippen LogP contribution in [0.2, 0.25) is 10.0 Å². The summed E-state index contributed by atoms with van der Waals surface area (Å²) in [5, 5.41) is 11.4. The fourth-order valence-corrected chi connectivity index (χ4v) is 7.05. The second kappa shape index (κ2) is 12.9. The molecular weight excluding hydrogens is 614 g/mol. The van der Waals surface area contributed by atoms with Crippen molar-refractivity contribution >= 4 is 46.6 Å². The number of amides is 2. The molecule has 1 atom stereocenters. The number of carbonyl (C=O) groups excluding carboxylic acids is 2. The minimum Gasteiger partial charge on any atom is -0.345 e. The topological polar surface area (TPSA) is 98.9 Å². The Labute approximate surface area is 274 Å². The van der Waals surface area contributed by atoms with E-state index >= 15 is 4.39 Å². The van der Waals surface area contributed by atoms with Crippen LogP contribution in [-0.2, 0) is 4.79 Å². The first-order valence-corrected chi connectivity index (χ1v) is 16.3. The molecule has 0 radical (unpaired) electrons. The second-order valence-electron chi connectivity index (χ2n) is 14.0. The number of amidine groups is 1. The van der Waals surface area contributed by atoms with Gasteiger partial charge in [-0.2, -0.15) is 5.11 Å². The van der Waals surface area contributed by atoms with E-state index in [4.69, 9.17) is 28.2 Å². The Bertz CT molecular complexity index is 1510. The number of azo groups is 1. The SMILES string of the molecule is CC(C)(C)CC[C@H](c1ccc(C(=O)NCC2=NCN=N2)cc1)N1C(=O)C(c2cc(Cl)cc(Cl)c2)=NC12CCC(C(C)(C)F)CC2. The Hall–Kier alpha value is -3.17. The lowest BCUT2D eigenvalue weighted by Gasteiger charge is -2.47. The normalized spacial score (nSPS) is 22.5. The summed E-state index contributed by atoms with van der Waals surface area (Å²) in [6, 6.07) is 12.1. The smallest absolute Gasteiger partial charge is 0.275 e. The van der Waals surface area contributed by atoms with Crippen molar-refractivity contribution in [3.8, 4) is 0 Å². The first kappa shape index (κ1) is 33.2. The van der Waals surface area contributed by atoms with Crippen molar-refractivity contribution in [1.82, 2.24) is 10.2 Å². The van der Waals surface area contributed by atoms with Crippen LogP contribution in [0.1, 0.15) is 101 Å². The molecular formula is C34H41Cl2FN6O2. The molecule has 11 heteroatoms. The minimum absolute atomic E-state index is 0.00832. The van der Waals surface area contributed by atoms with Crippen LogP contribution >= 0.6 is 23.2 Å². The third-order valence-electron chi connectivity index (χ3n) is 9.03. The predicted molar refractivity (Wildman–Crippen MR) is 177 cm³/mol. The first-order valence-electron chi connectivity index (χ1n) is 15.5. The van der Waals surface area contributed by atoms with E-state index in [-0.39, 0.29) is 42.4 Å². The molecule has 1 saturated carbocycles. The van der Waals surface area contributed by atoms with E-state index in [0.29, 0.717) is 64.8 Å². The highest BCUT2D eigenvalue weighted by Crippen LogP contribution is 2.49. The van der Waals surface area contributed by atoms with Gasteiger partial charge in [0.1, 0.15) is 17.0 Å². The number of hydrogen-bond donors (Lipinski definition) is 1. The average molecular weight is 656 g/mol. The van der Waals surface area contributed by atoms with Crippen LogP contribution in [0.3, 0.4) is 0 Å². The Morgan fingerprint density at radius 1 is 1.07 bits per heavy atom. The molecule has 2 aromatic rings. The predicted octanol–water partition coefficient (Wildman–Crippen LogP) is 8.38. The van der Waals surface area contributed by atoms with Crippen LogP contribution in [0.4, 0.5) is 4.39 Å². The van der Waals surface area contributed by atoms with Crippen molar-refractivity contribution in [2.45, 2.75) is 90.5 Å². The standard InChI is InChI=1S/C34H41Cl2FN6O2/c1-32(2,3)13-12-27(21-6-8-22(9-7-21)30(44)38-19-28-39-20-40-42-28)43-31(45)29(23-16-25(35)18-26(36)17-23)41-34(43)14-10-24(11-15-34)33(4,5)37/h6-9,16-18,24,27H,10-15,19-20H2,1-5H3,(H,38,44)/t24?,27-,34?/m1/s1. The molecule has 3 aliphatic rings. The number of benzene rings is 2. The van der Waals surface area contributed by atoms with Gasteiger partial charge in [0, 0.05) is 21.2 Å². The summed E-state index contributed by atoms with van der Waals surface area (Å²) in [7, 11) is 0. The number of hydrogen-bond acceptors (Lipinski definition) is 6. The third kappa shape index (κ3) is 7.63.